The van der Waals surface area contributed by atoms with Crippen LogP contribution in [0.2, 0.25) is 0 Å². The largest absolute Gasteiger partial charge is 0.369 e. The predicted molar refractivity (Wildman–Crippen MR) is 50.6 cm³/mol. The SMILES string of the molecule is CCCC(CCC)(C(N)=O)C(N)=O. The number of rotatable bonds is 6. The normalized spacial score (nSPS) is 11.2. The topological polar surface area (TPSA) is 86.2 Å². The van der Waals surface area contributed by atoms with Gasteiger partial charge in [0.2, 0.25) is 11.8 Å². The van der Waals surface area contributed by atoms with Crippen LogP contribution >= 0.6 is 0 Å². The Kier molecular flexibility index (Phi) is 4.45. The van der Waals surface area contributed by atoms with Crippen molar-refractivity contribution in [3.63, 3.8) is 0 Å². The first-order chi connectivity index (χ1) is 6.01. The molecular formula is C9H18N2O2. The minimum Gasteiger partial charge on any atom is -0.369 e. The van der Waals surface area contributed by atoms with Gasteiger partial charge in [-0.2, -0.15) is 0 Å². The van der Waals surface area contributed by atoms with Crippen molar-refractivity contribution in [3.8, 4) is 0 Å². The molecule has 0 aliphatic rings. The van der Waals surface area contributed by atoms with Crippen LogP contribution in [0.3, 0.4) is 0 Å². The van der Waals surface area contributed by atoms with Gasteiger partial charge in [-0.3, -0.25) is 9.59 Å². The van der Waals surface area contributed by atoms with Gasteiger partial charge in [-0.15, -0.1) is 0 Å². The number of nitrogens with two attached hydrogens (primary N) is 2. The van der Waals surface area contributed by atoms with E-state index in [0.717, 1.165) is 12.8 Å². The molecule has 76 valence electrons. The molecule has 4 heteroatoms. The third-order valence-electron chi connectivity index (χ3n) is 2.30. The van der Waals surface area contributed by atoms with Crippen LogP contribution in [-0.2, 0) is 9.59 Å². The predicted octanol–water partition coefficient (Wildman–Crippen LogP) is 0.544. The molecule has 0 atom stereocenters. The molecule has 4 N–H and O–H groups in total. The van der Waals surface area contributed by atoms with Gasteiger partial charge >= 0.3 is 0 Å². The first kappa shape index (κ1) is 11.9. The van der Waals surface area contributed by atoms with Crippen molar-refractivity contribution < 1.29 is 9.59 Å². The minimum absolute atomic E-state index is 0.450. The van der Waals surface area contributed by atoms with E-state index in [1.54, 1.807) is 0 Å². The van der Waals surface area contributed by atoms with Crippen LogP contribution in [0.4, 0.5) is 0 Å². The highest BCUT2D eigenvalue weighted by Gasteiger charge is 2.40. The summed E-state index contributed by atoms with van der Waals surface area (Å²) in [5.74, 6) is -1.19. The van der Waals surface area contributed by atoms with E-state index in [1.807, 2.05) is 13.8 Å². The van der Waals surface area contributed by atoms with E-state index in [2.05, 4.69) is 0 Å². The smallest absolute Gasteiger partial charge is 0.233 e. The van der Waals surface area contributed by atoms with E-state index in [-0.39, 0.29) is 0 Å². The summed E-state index contributed by atoms with van der Waals surface area (Å²) >= 11 is 0. The van der Waals surface area contributed by atoms with E-state index >= 15 is 0 Å². The van der Waals surface area contributed by atoms with Crippen LogP contribution in [0.5, 0.6) is 0 Å². The summed E-state index contributed by atoms with van der Waals surface area (Å²) in [6, 6.07) is 0. The minimum atomic E-state index is -1.12. The van der Waals surface area contributed by atoms with Gasteiger partial charge in [-0.05, 0) is 12.8 Å². The Morgan fingerprint density at radius 1 is 1.00 bits per heavy atom. The zero-order valence-corrected chi connectivity index (χ0v) is 8.30. The summed E-state index contributed by atoms with van der Waals surface area (Å²) in [6.07, 6.45) is 2.36. The lowest BCUT2D eigenvalue weighted by Crippen LogP contribution is -2.47. The summed E-state index contributed by atoms with van der Waals surface area (Å²) in [5.41, 5.74) is 9.29. The fourth-order valence-corrected chi connectivity index (χ4v) is 1.59. The molecule has 13 heavy (non-hydrogen) atoms. The Labute approximate surface area is 78.7 Å². The van der Waals surface area contributed by atoms with Crippen molar-refractivity contribution in [2.24, 2.45) is 16.9 Å². The molecule has 0 aliphatic carbocycles. The van der Waals surface area contributed by atoms with Crippen LogP contribution in [0.25, 0.3) is 0 Å². The van der Waals surface area contributed by atoms with Gasteiger partial charge in [-0.25, -0.2) is 0 Å². The fourth-order valence-electron chi connectivity index (χ4n) is 1.59. The van der Waals surface area contributed by atoms with Gasteiger partial charge in [0.25, 0.3) is 0 Å². The Morgan fingerprint density at radius 3 is 1.46 bits per heavy atom. The second-order valence-corrected chi connectivity index (χ2v) is 3.31. The molecule has 0 aromatic heterocycles. The van der Waals surface area contributed by atoms with Crippen molar-refractivity contribution in [3.05, 3.63) is 0 Å². The quantitative estimate of drug-likeness (QED) is 0.593. The molecule has 0 rings (SSSR count). The second kappa shape index (κ2) is 4.84. The maximum atomic E-state index is 11.2. The highest BCUT2D eigenvalue weighted by atomic mass is 16.2. The third kappa shape index (κ3) is 2.44. The molecule has 0 aromatic rings. The van der Waals surface area contributed by atoms with Gasteiger partial charge in [-0.1, -0.05) is 26.7 Å². The van der Waals surface area contributed by atoms with Crippen molar-refractivity contribution in [1.29, 1.82) is 0 Å². The Morgan fingerprint density at radius 2 is 1.31 bits per heavy atom. The van der Waals surface area contributed by atoms with Crippen LogP contribution in [0.1, 0.15) is 39.5 Å². The highest BCUT2D eigenvalue weighted by molar-refractivity contribution is 6.03. The monoisotopic (exact) mass is 186 g/mol. The lowest BCUT2D eigenvalue weighted by molar-refractivity contribution is -0.140. The molecule has 0 unspecified atom stereocenters. The van der Waals surface area contributed by atoms with Gasteiger partial charge in [0.05, 0.1) is 0 Å². The van der Waals surface area contributed by atoms with Gasteiger partial charge in [0.15, 0.2) is 0 Å². The number of carbonyl (C=O) groups is 2. The van der Waals surface area contributed by atoms with E-state index in [0.29, 0.717) is 12.8 Å². The van der Waals surface area contributed by atoms with E-state index in [1.165, 1.54) is 0 Å². The van der Waals surface area contributed by atoms with E-state index < -0.39 is 17.2 Å². The molecule has 0 aliphatic heterocycles. The zero-order chi connectivity index (χ0) is 10.5. The van der Waals surface area contributed by atoms with Crippen LogP contribution in [0.15, 0.2) is 0 Å². The van der Waals surface area contributed by atoms with Crippen LogP contribution < -0.4 is 11.5 Å². The summed E-state index contributed by atoms with van der Waals surface area (Å²) in [7, 11) is 0. The fraction of sp³-hybridized carbons (Fsp3) is 0.778. The lowest BCUT2D eigenvalue weighted by Gasteiger charge is -2.25. The average Bonchev–Trinajstić information content (AvgIpc) is 2.03. The Bertz CT molecular complexity index is 180. The number of primary amides is 2. The van der Waals surface area contributed by atoms with Gasteiger partial charge < -0.3 is 11.5 Å². The third-order valence-corrected chi connectivity index (χ3v) is 2.30. The molecule has 0 fully saturated rings. The van der Waals surface area contributed by atoms with E-state index in [4.69, 9.17) is 11.5 Å². The second-order valence-electron chi connectivity index (χ2n) is 3.31. The first-order valence-corrected chi connectivity index (χ1v) is 4.61. The van der Waals surface area contributed by atoms with Crippen molar-refractivity contribution in [2.75, 3.05) is 0 Å². The Balaban J connectivity index is 4.80. The molecule has 0 spiro atoms. The summed E-state index contributed by atoms with van der Waals surface area (Å²) in [5, 5.41) is 0. The number of hydrogen-bond donors (Lipinski definition) is 2. The maximum absolute atomic E-state index is 11.2. The lowest BCUT2D eigenvalue weighted by atomic mass is 9.78. The average molecular weight is 186 g/mol. The number of amides is 2. The Hall–Kier alpha value is -1.06. The number of hydrogen-bond acceptors (Lipinski definition) is 2. The van der Waals surface area contributed by atoms with Crippen LogP contribution in [0, 0.1) is 5.41 Å². The molecule has 0 heterocycles. The molecule has 0 saturated carbocycles. The van der Waals surface area contributed by atoms with Gasteiger partial charge in [0.1, 0.15) is 5.41 Å². The molecule has 0 bridgehead atoms. The molecule has 0 saturated heterocycles. The van der Waals surface area contributed by atoms with Crippen LogP contribution in [-0.4, -0.2) is 11.8 Å². The van der Waals surface area contributed by atoms with Crippen molar-refractivity contribution in [2.45, 2.75) is 39.5 Å². The standard InChI is InChI=1S/C9H18N2O2/c1-3-5-9(6-4-2,7(10)12)8(11)13/h3-6H2,1-2H3,(H2,10,12)(H2,11,13). The molecular weight excluding hydrogens is 168 g/mol. The first-order valence-electron chi connectivity index (χ1n) is 4.61. The van der Waals surface area contributed by atoms with Crippen molar-refractivity contribution >= 4 is 11.8 Å². The summed E-state index contributed by atoms with van der Waals surface area (Å²) in [4.78, 5) is 22.3. The van der Waals surface area contributed by atoms with Crippen molar-refractivity contribution in [1.82, 2.24) is 0 Å². The zero-order valence-electron chi connectivity index (χ0n) is 8.30. The van der Waals surface area contributed by atoms with E-state index in [9.17, 15) is 9.59 Å². The number of carbonyl (C=O) groups excluding carboxylic acids is 2. The summed E-state index contributed by atoms with van der Waals surface area (Å²) in [6.45, 7) is 3.80. The highest BCUT2D eigenvalue weighted by Crippen LogP contribution is 2.28. The molecule has 0 aromatic carbocycles. The maximum Gasteiger partial charge on any atom is 0.233 e. The molecule has 0 radical (unpaired) electrons. The van der Waals surface area contributed by atoms with Gasteiger partial charge in [0, 0.05) is 0 Å². The summed E-state index contributed by atoms with van der Waals surface area (Å²) < 4.78 is 0. The molecule has 4 nitrogen and oxygen atoms in total. The molecule has 2 amide bonds.